The van der Waals surface area contributed by atoms with Gasteiger partial charge >= 0.3 is 11.9 Å². The number of hydrogen-bond acceptors (Lipinski definition) is 5. The van der Waals surface area contributed by atoms with Crippen LogP contribution in [-0.2, 0) is 16.0 Å². The van der Waals surface area contributed by atoms with E-state index in [9.17, 15) is 9.59 Å². The summed E-state index contributed by atoms with van der Waals surface area (Å²) in [6.07, 6.45) is 15.5. The van der Waals surface area contributed by atoms with E-state index in [0.29, 0.717) is 12.4 Å². The van der Waals surface area contributed by atoms with E-state index >= 15 is 0 Å². The standard InChI is InChI=1S/C32H52O5.C4H10O.C2H6/c1-21(2)11-8-12-22(3)13-9-14-23(4)15-10-16-27-17-18-28-26(7)31(24(5)25(6)32(28)36-27)37-30(35)20-19-29(33)34;1-2-3-4-5;1-2/h21-23,27H,8-20H2,1-7H3,(H,33,34);5H,2-4H2,1H3;1-2H3. The molecule has 0 aliphatic carbocycles. The first-order chi connectivity index (χ1) is 20.9. The zero-order chi connectivity index (χ0) is 33.7. The number of fused-ring (bicyclic) bond motifs is 1. The number of carboxylic acids is 1. The summed E-state index contributed by atoms with van der Waals surface area (Å²) in [6, 6.07) is 0. The number of benzene rings is 1. The minimum absolute atomic E-state index is 0.126. The van der Waals surface area contributed by atoms with Crippen molar-refractivity contribution in [1.29, 1.82) is 0 Å². The van der Waals surface area contributed by atoms with Crippen molar-refractivity contribution in [3.63, 3.8) is 0 Å². The van der Waals surface area contributed by atoms with Crippen LogP contribution in [0.4, 0.5) is 0 Å². The van der Waals surface area contributed by atoms with Gasteiger partial charge in [0.1, 0.15) is 11.5 Å². The second-order valence-corrected chi connectivity index (χ2v) is 13.1. The minimum atomic E-state index is -0.997. The molecule has 0 spiro atoms. The lowest BCUT2D eigenvalue weighted by Crippen LogP contribution is -2.25. The van der Waals surface area contributed by atoms with Crippen molar-refractivity contribution in [3.8, 4) is 11.5 Å². The predicted molar refractivity (Wildman–Crippen MR) is 184 cm³/mol. The Hall–Kier alpha value is -2.08. The van der Waals surface area contributed by atoms with Crippen molar-refractivity contribution < 1.29 is 29.3 Å². The average molecular weight is 621 g/mol. The lowest BCUT2D eigenvalue weighted by Gasteiger charge is -2.31. The quantitative estimate of drug-likeness (QED) is 0.125. The van der Waals surface area contributed by atoms with Crippen LogP contribution in [0.2, 0.25) is 0 Å². The second-order valence-electron chi connectivity index (χ2n) is 13.1. The fourth-order valence-corrected chi connectivity index (χ4v) is 5.71. The van der Waals surface area contributed by atoms with Crippen LogP contribution in [0.15, 0.2) is 0 Å². The van der Waals surface area contributed by atoms with Gasteiger partial charge in [-0.2, -0.15) is 0 Å². The Morgan fingerprint density at radius 1 is 0.841 bits per heavy atom. The summed E-state index contributed by atoms with van der Waals surface area (Å²) in [5, 5.41) is 16.9. The minimum Gasteiger partial charge on any atom is -0.490 e. The van der Waals surface area contributed by atoms with Crippen LogP contribution in [0.5, 0.6) is 11.5 Å². The molecule has 2 rings (SSSR count). The highest BCUT2D eigenvalue weighted by Crippen LogP contribution is 2.42. The molecule has 6 heteroatoms. The van der Waals surface area contributed by atoms with Crippen molar-refractivity contribution in [1.82, 2.24) is 0 Å². The van der Waals surface area contributed by atoms with Crippen molar-refractivity contribution in [3.05, 3.63) is 22.3 Å². The van der Waals surface area contributed by atoms with Crippen molar-refractivity contribution in [2.45, 2.75) is 172 Å². The molecule has 2 N–H and O–H groups in total. The van der Waals surface area contributed by atoms with E-state index in [1.807, 2.05) is 34.6 Å². The molecule has 0 amide bonds. The number of hydrogen-bond donors (Lipinski definition) is 2. The number of aliphatic hydroxyl groups excluding tert-OH is 1. The van der Waals surface area contributed by atoms with Gasteiger partial charge in [-0.05, 0) is 87.3 Å². The molecule has 1 heterocycles. The number of rotatable bonds is 18. The van der Waals surface area contributed by atoms with Crippen LogP contribution < -0.4 is 9.47 Å². The first-order valence-corrected chi connectivity index (χ1v) is 17.7. The number of carbonyl (C=O) groups excluding carboxylic acids is 1. The Balaban J connectivity index is 0.00000239. The van der Waals surface area contributed by atoms with Gasteiger partial charge in [0.15, 0.2) is 0 Å². The maximum atomic E-state index is 12.2. The van der Waals surface area contributed by atoms with Gasteiger partial charge in [-0.1, -0.05) is 99.8 Å². The number of ether oxygens (including phenoxy) is 2. The summed E-state index contributed by atoms with van der Waals surface area (Å²) in [4.78, 5) is 22.9. The number of aliphatic hydroxyl groups is 1. The van der Waals surface area contributed by atoms with Gasteiger partial charge < -0.3 is 19.7 Å². The highest BCUT2D eigenvalue weighted by atomic mass is 16.5. The molecule has 44 heavy (non-hydrogen) atoms. The molecular weight excluding hydrogens is 552 g/mol. The highest BCUT2D eigenvalue weighted by molar-refractivity contribution is 5.79. The lowest BCUT2D eigenvalue weighted by atomic mass is 9.89. The smallest absolute Gasteiger partial charge is 0.311 e. The third-order valence-electron chi connectivity index (χ3n) is 8.68. The molecular formula is C38H68O6. The van der Waals surface area contributed by atoms with E-state index in [1.54, 1.807) is 0 Å². The van der Waals surface area contributed by atoms with Crippen LogP contribution >= 0.6 is 0 Å². The van der Waals surface area contributed by atoms with Gasteiger partial charge in [0.2, 0.25) is 0 Å². The Labute approximate surface area is 270 Å². The zero-order valence-corrected chi connectivity index (χ0v) is 30.2. The van der Waals surface area contributed by atoms with Crippen LogP contribution in [0, 0.1) is 38.5 Å². The first-order valence-electron chi connectivity index (χ1n) is 17.7. The summed E-state index contributed by atoms with van der Waals surface area (Å²) < 4.78 is 12.1. The monoisotopic (exact) mass is 621 g/mol. The normalized spacial score (nSPS) is 15.1. The molecule has 0 saturated carbocycles. The largest absolute Gasteiger partial charge is 0.490 e. The fraction of sp³-hybridized carbons (Fsp3) is 0.789. The summed E-state index contributed by atoms with van der Waals surface area (Å²) >= 11 is 0. The number of aliphatic carboxylic acids is 1. The summed E-state index contributed by atoms with van der Waals surface area (Å²) in [5.74, 6) is 2.46. The van der Waals surface area contributed by atoms with Gasteiger partial charge in [0.25, 0.3) is 0 Å². The molecule has 0 bridgehead atoms. The van der Waals surface area contributed by atoms with Gasteiger partial charge in [-0.25, -0.2) is 0 Å². The zero-order valence-electron chi connectivity index (χ0n) is 30.2. The number of carboxylic acid groups (broad SMARTS) is 1. The van der Waals surface area contributed by atoms with E-state index in [-0.39, 0.29) is 18.9 Å². The first kappa shape index (κ1) is 41.9. The van der Waals surface area contributed by atoms with Gasteiger partial charge in [-0.15, -0.1) is 0 Å². The Morgan fingerprint density at radius 3 is 1.91 bits per heavy atom. The Kier molecular flexibility index (Phi) is 23.0. The molecule has 1 aliphatic heterocycles. The van der Waals surface area contributed by atoms with Crippen LogP contribution in [-0.4, -0.2) is 34.9 Å². The summed E-state index contributed by atoms with van der Waals surface area (Å²) in [6.45, 7) is 21.8. The molecule has 3 unspecified atom stereocenters. The molecule has 3 atom stereocenters. The fourth-order valence-electron chi connectivity index (χ4n) is 5.71. The van der Waals surface area contributed by atoms with E-state index in [2.05, 4.69) is 34.6 Å². The van der Waals surface area contributed by atoms with Crippen LogP contribution in [0.25, 0.3) is 0 Å². The second kappa shape index (κ2) is 24.2. The van der Waals surface area contributed by atoms with Crippen LogP contribution in [0.3, 0.4) is 0 Å². The van der Waals surface area contributed by atoms with E-state index < -0.39 is 11.9 Å². The third-order valence-corrected chi connectivity index (χ3v) is 8.68. The SMILES string of the molecule is CC.CCCCO.Cc1c(C)c2c(c(C)c1OC(=O)CCC(=O)O)CCC(CCCC(C)CCCC(C)CCCC(C)C)O2. The van der Waals surface area contributed by atoms with E-state index in [0.717, 1.165) is 77.9 Å². The lowest BCUT2D eigenvalue weighted by molar-refractivity contribution is -0.142. The predicted octanol–water partition coefficient (Wildman–Crippen LogP) is 10.3. The number of unbranched alkanes of at least 4 members (excludes halogenated alkanes) is 1. The van der Waals surface area contributed by atoms with Crippen molar-refractivity contribution >= 4 is 11.9 Å². The van der Waals surface area contributed by atoms with Gasteiger partial charge in [-0.3, -0.25) is 9.59 Å². The van der Waals surface area contributed by atoms with Gasteiger partial charge in [0.05, 0.1) is 18.9 Å². The molecule has 1 aliphatic rings. The molecule has 256 valence electrons. The summed E-state index contributed by atoms with van der Waals surface area (Å²) in [7, 11) is 0. The molecule has 0 aromatic heterocycles. The molecule has 0 radical (unpaired) electrons. The third kappa shape index (κ3) is 16.8. The molecule has 1 aromatic rings. The maximum absolute atomic E-state index is 12.2. The summed E-state index contributed by atoms with van der Waals surface area (Å²) in [5.41, 5.74) is 3.97. The molecule has 6 nitrogen and oxygen atoms in total. The molecule has 0 saturated heterocycles. The Bertz CT molecular complexity index is 936. The van der Waals surface area contributed by atoms with Crippen molar-refractivity contribution in [2.24, 2.45) is 17.8 Å². The van der Waals surface area contributed by atoms with Crippen LogP contribution in [0.1, 0.15) is 161 Å². The highest BCUT2D eigenvalue weighted by Gasteiger charge is 2.27. The number of esters is 1. The van der Waals surface area contributed by atoms with E-state index in [1.165, 1.54) is 51.4 Å². The topological polar surface area (TPSA) is 93.1 Å². The van der Waals surface area contributed by atoms with Gasteiger partial charge in [0, 0.05) is 12.2 Å². The number of carbonyl (C=O) groups is 2. The molecule has 0 fully saturated rings. The average Bonchev–Trinajstić information content (AvgIpc) is 2.98. The Morgan fingerprint density at radius 2 is 1.41 bits per heavy atom. The maximum Gasteiger partial charge on any atom is 0.311 e. The van der Waals surface area contributed by atoms with E-state index in [4.69, 9.17) is 19.7 Å². The molecule has 1 aromatic carbocycles. The van der Waals surface area contributed by atoms with Crippen molar-refractivity contribution in [2.75, 3.05) is 6.61 Å².